The average Bonchev–Trinajstić information content (AvgIpc) is 2.16. The maximum absolute atomic E-state index is 5.88. The van der Waals surface area contributed by atoms with Crippen LogP contribution in [-0.4, -0.2) is 9.97 Å². The van der Waals surface area contributed by atoms with Gasteiger partial charge in [0.25, 0.3) is 0 Å². The standard InChI is InChI=1S/C12H15N3/c1-8(2)7-11-14-10-6-4-3-5-9(10)12(13)15-11/h3-6,8H,7H2,1-2H3,(H2,13,14,15). The second-order valence-electron chi connectivity index (χ2n) is 4.14. The number of anilines is 1. The zero-order valence-corrected chi connectivity index (χ0v) is 9.07. The number of nitrogens with two attached hydrogens (primary N) is 1. The van der Waals surface area contributed by atoms with Crippen LogP contribution in [0.2, 0.25) is 0 Å². The first-order valence-corrected chi connectivity index (χ1v) is 5.18. The van der Waals surface area contributed by atoms with Gasteiger partial charge >= 0.3 is 0 Å². The lowest BCUT2D eigenvalue weighted by Gasteiger charge is -2.06. The van der Waals surface area contributed by atoms with E-state index in [4.69, 9.17) is 5.73 Å². The SMILES string of the molecule is CC(C)Cc1nc(N)c2ccccc2n1. The van der Waals surface area contributed by atoms with Gasteiger partial charge in [-0.05, 0) is 18.1 Å². The minimum Gasteiger partial charge on any atom is -0.383 e. The Morgan fingerprint density at radius 2 is 1.93 bits per heavy atom. The number of aromatic nitrogens is 2. The highest BCUT2D eigenvalue weighted by atomic mass is 14.9. The molecule has 15 heavy (non-hydrogen) atoms. The first kappa shape index (κ1) is 9.90. The van der Waals surface area contributed by atoms with Gasteiger partial charge in [0, 0.05) is 11.8 Å². The van der Waals surface area contributed by atoms with Gasteiger partial charge in [0.05, 0.1) is 5.52 Å². The maximum Gasteiger partial charge on any atom is 0.135 e. The molecule has 0 aliphatic carbocycles. The highest BCUT2D eigenvalue weighted by molar-refractivity contribution is 5.87. The van der Waals surface area contributed by atoms with Gasteiger partial charge in [0.1, 0.15) is 11.6 Å². The Hall–Kier alpha value is -1.64. The predicted octanol–water partition coefficient (Wildman–Crippen LogP) is 2.41. The van der Waals surface area contributed by atoms with Crippen molar-refractivity contribution in [1.29, 1.82) is 0 Å². The molecule has 0 unspecified atom stereocenters. The summed E-state index contributed by atoms with van der Waals surface area (Å²) in [5.41, 5.74) is 6.81. The van der Waals surface area contributed by atoms with Gasteiger partial charge in [-0.15, -0.1) is 0 Å². The number of benzene rings is 1. The topological polar surface area (TPSA) is 51.8 Å². The fraction of sp³-hybridized carbons (Fsp3) is 0.333. The van der Waals surface area contributed by atoms with Crippen LogP contribution in [0.15, 0.2) is 24.3 Å². The number of fused-ring (bicyclic) bond motifs is 1. The lowest BCUT2D eigenvalue weighted by molar-refractivity contribution is 0.623. The molecule has 1 heterocycles. The molecule has 0 saturated heterocycles. The number of rotatable bonds is 2. The quantitative estimate of drug-likeness (QED) is 0.811. The van der Waals surface area contributed by atoms with Crippen LogP contribution in [0, 0.1) is 5.92 Å². The van der Waals surface area contributed by atoms with Gasteiger partial charge in [0.2, 0.25) is 0 Å². The molecule has 1 aromatic heterocycles. The van der Waals surface area contributed by atoms with E-state index in [2.05, 4.69) is 23.8 Å². The van der Waals surface area contributed by atoms with E-state index < -0.39 is 0 Å². The second-order valence-corrected chi connectivity index (χ2v) is 4.14. The van der Waals surface area contributed by atoms with Gasteiger partial charge in [-0.1, -0.05) is 26.0 Å². The summed E-state index contributed by atoms with van der Waals surface area (Å²) in [6, 6.07) is 7.83. The van der Waals surface area contributed by atoms with Gasteiger partial charge in [0.15, 0.2) is 0 Å². The molecule has 2 aromatic rings. The van der Waals surface area contributed by atoms with Crippen molar-refractivity contribution in [2.24, 2.45) is 5.92 Å². The van der Waals surface area contributed by atoms with Crippen molar-refractivity contribution in [3.05, 3.63) is 30.1 Å². The molecule has 0 radical (unpaired) electrons. The zero-order chi connectivity index (χ0) is 10.8. The molecule has 0 amide bonds. The van der Waals surface area contributed by atoms with Crippen LogP contribution in [0.4, 0.5) is 5.82 Å². The van der Waals surface area contributed by atoms with Crippen molar-refractivity contribution < 1.29 is 0 Å². The molecule has 78 valence electrons. The Labute approximate surface area is 89.4 Å². The number of para-hydroxylation sites is 1. The summed E-state index contributed by atoms with van der Waals surface area (Å²) in [5.74, 6) is 1.96. The maximum atomic E-state index is 5.88. The van der Waals surface area contributed by atoms with E-state index in [0.717, 1.165) is 23.1 Å². The lowest BCUT2D eigenvalue weighted by Crippen LogP contribution is -2.04. The van der Waals surface area contributed by atoms with E-state index in [1.807, 2.05) is 24.3 Å². The number of hydrogen-bond donors (Lipinski definition) is 1. The summed E-state index contributed by atoms with van der Waals surface area (Å²) in [6.45, 7) is 4.30. The Balaban J connectivity index is 2.52. The number of nitrogen functional groups attached to an aromatic ring is 1. The van der Waals surface area contributed by atoms with Crippen molar-refractivity contribution in [2.75, 3.05) is 5.73 Å². The van der Waals surface area contributed by atoms with Gasteiger partial charge in [-0.3, -0.25) is 0 Å². The Kier molecular flexibility index (Phi) is 2.54. The molecule has 0 aliphatic rings. The Morgan fingerprint density at radius 3 is 2.67 bits per heavy atom. The molecule has 2 N–H and O–H groups in total. The lowest BCUT2D eigenvalue weighted by atomic mass is 10.1. The molecule has 0 spiro atoms. The smallest absolute Gasteiger partial charge is 0.135 e. The molecular weight excluding hydrogens is 186 g/mol. The van der Waals surface area contributed by atoms with Crippen LogP contribution in [0.1, 0.15) is 19.7 Å². The van der Waals surface area contributed by atoms with Crippen molar-refractivity contribution in [1.82, 2.24) is 9.97 Å². The summed E-state index contributed by atoms with van der Waals surface area (Å²) in [7, 11) is 0. The molecule has 3 nitrogen and oxygen atoms in total. The van der Waals surface area contributed by atoms with Gasteiger partial charge < -0.3 is 5.73 Å². The van der Waals surface area contributed by atoms with E-state index in [0.29, 0.717) is 11.7 Å². The first-order valence-electron chi connectivity index (χ1n) is 5.18. The molecule has 2 rings (SSSR count). The van der Waals surface area contributed by atoms with E-state index in [-0.39, 0.29) is 0 Å². The Bertz CT molecular complexity index is 477. The average molecular weight is 201 g/mol. The number of hydrogen-bond acceptors (Lipinski definition) is 3. The Morgan fingerprint density at radius 1 is 1.20 bits per heavy atom. The van der Waals surface area contributed by atoms with E-state index in [1.54, 1.807) is 0 Å². The van der Waals surface area contributed by atoms with Crippen LogP contribution in [0.3, 0.4) is 0 Å². The van der Waals surface area contributed by atoms with Crippen molar-refractivity contribution in [3.63, 3.8) is 0 Å². The molecule has 0 atom stereocenters. The summed E-state index contributed by atoms with van der Waals surface area (Å²) < 4.78 is 0. The monoisotopic (exact) mass is 201 g/mol. The van der Waals surface area contributed by atoms with Gasteiger partial charge in [-0.25, -0.2) is 9.97 Å². The number of nitrogens with zero attached hydrogens (tertiary/aromatic N) is 2. The van der Waals surface area contributed by atoms with Crippen molar-refractivity contribution in [3.8, 4) is 0 Å². The second kappa shape index (κ2) is 3.85. The summed E-state index contributed by atoms with van der Waals surface area (Å²) >= 11 is 0. The normalized spacial score (nSPS) is 11.1. The fourth-order valence-electron chi connectivity index (χ4n) is 1.61. The minimum absolute atomic E-state index is 0.547. The first-order chi connectivity index (χ1) is 7.16. The van der Waals surface area contributed by atoms with E-state index in [9.17, 15) is 0 Å². The van der Waals surface area contributed by atoms with Crippen LogP contribution in [0.5, 0.6) is 0 Å². The highest BCUT2D eigenvalue weighted by Gasteiger charge is 2.05. The van der Waals surface area contributed by atoms with Crippen LogP contribution >= 0.6 is 0 Å². The summed E-state index contributed by atoms with van der Waals surface area (Å²) in [6.07, 6.45) is 0.870. The molecular formula is C12H15N3. The molecule has 0 bridgehead atoms. The predicted molar refractivity (Wildman–Crippen MR) is 62.5 cm³/mol. The van der Waals surface area contributed by atoms with Gasteiger partial charge in [-0.2, -0.15) is 0 Å². The molecule has 0 fully saturated rings. The molecule has 0 saturated carbocycles. The van der Waals surface area contributed by atoms with Crippen molar-refractivity contribution >= 4 is 16.7 Å². The highest BCUT2D eigenvalue weighted by Crippen LogP contribution is 2.17. The summed E-state index contributed by atoms with van der Waals surface area (Å²) in [4.78, 5) is 8.79. The zero-order valence-electron chi connectivity index (χ0n) is 9.07. The molecule has 3 heteroatoms. The molecule has 1 aromatic carbocycles. The third-order valence-electron chi connectivity index (χ3n) is 2.27. The van der Waals surface area contributed by atoms with E-state index >= 15 is 0 Å². The van der Waals surface area contributed by atoms with Crippen LogP contribution in [-0.2, 0) is 6.42 Å². The third kappa shape index (κ3) is 2.06. The van der Waals surface area contributed by atoms with Crippen LogP contribution < -0.4 is 5.73 Å². The van der Waals surface area contributed by atoms with Crippen LogP contribution in [0.25, 0.3) is 10.9 Å². The van der Waals surface area contributed by atoms with E-state index in [1.165, 1.54) is 0 Å². The largest absolute Gasteiger partial charge is 0.383 e. The fourth-order valence-corrected chi connectivity index (χ4v) is 1.61. The minimum atomic E-state index is 0.547. The van der Waals surface area contributed by atoms with Crippen molar-refractivity contribution in [2.45, 2.75) is 20.3 Å². The molecule has 0 aliphatic heterocycles. The third-order valence-corrected chi connectivity index (χ3v) is 2.27. The summed E-state index contributed by atoms with van der Waals surface area (Å²) in [5, 5.41) is 0.935.